The highest BCUT2D eigenvalue weighted by atomic mass is 32.1. The van der Waals surface area contributed by atoms with Crippen molar-refractivity contribution in [2.75, 3.05) is 7.05 Å². The Kier molecular flexibility index (Phi) is 3.98. The maximum Gasteiger partial charge on any atom is 0.0962 e. The fourth-order valence-electron chi connectivity index (χ4n) is 2.53. The molecule has 1 N–H and O–H groups in total. The molecule has 0 amide bonds. The van der Waals surface area contributed by atoms with Gasteiger partial charge < -0.3 is 5.32 Å². The highest BCUT2D eigenvalue weighted by molar-refractivity contribution is 7.11. The second kappa shape index (κ2) is 5.28. The van der Waals surface area contributed by atoms with Gasteiger partial charge in [0, 0.05) is 10.8 Å². The number of rotatable bonds is 4. The third-order valence-electron chi connectivity index (χ3n) is 3.65. The van der Waals surface area contributed by atoms with Gasteiger partial charge in [0.25, 0.3) is 0 Å². The van der Waals surface area contributed by atoms with E-state index in [0.717, 1.165) is 0 Å². The minimum atomic E-state index is 0.503. The van der Waals surface area contributed by atoms with E-state index in [0.29, 0.717) is 12.0 Å². The molecule has 0 saturated carbocycles. The zero-order valence-corrected chi connectivity index (χ0v) is 11.4. The minimum absolute atomic E-state index is 0.503. The monoisotopic (exact) mass is 238 g/mol. The van der Waals surface area contributed by atoms with Crippen LogP contribution in [0.1, 0.15) is 67.1 Å². The summed E-state index contributed by atoms with van der Waals surface area (Å²) in [6.45, 7) is 4.54. The van der Waals surface area contributed by atoms with Crippen molar-refractivity contribution in [3.8, 4) is 0 Å². The molecule has 0 radical (unpaired) electrons. The van der Waals surface area contributed by atoms with Crippen molar-refractivity contribution in [1.82, 2.24) is 10.3 Å². The summed E-state index contributed by atoms with van der Waals surface area (Å²) >= 11 is 1.96. The number of hydrogen-bond donors (Lipinski definition) is 1. The van der Waals surface area contributed by atoms with Gasteiger partial charge >= 0.3 is 0 Å². The molecule has 2 nitrogen and oxygen atoms in total. The number of aryl methyl sites for hydroxylation is 1. The molecule has 0 aromatic carbocycles. The molecule has 90 valence electrons. The van der Waals surface area contributed by atoms with E-state index in [1.807, 2.05) is 11.3 Å². The lowest BCUT2D eigenvalue weighted by Gasteiger charge is -2.19. The number of hydrogen-bond acceptors (Lipinski definition) is 3. The summed E-state index contributed by atoms with van der Waals surface area (Å²) in [7, 11) is 2.05. The summed E-state index contributed by atoms with van der Waals surface area (Å²) in [4.78, 5) is 6.44. The maximum atomic E-state index is 4.90. The van der Waals surface area contributed by atoms with Gasteiger partial charge in [-0.3, -0.25) is 0 Å². The average molecular weight is 238 g/mol. The fraction of sp³-hybridized carbons (Fsp3) is 0.769. The maximum absolute atomic E-state index is 4.90. The molecule has 1 aliphatic carbocycles. The average Bonchev–Trinajstić information content (AvgIpc) is 2.73. The van der Waals surface area contributed by atoms with Gasteiger partial charge in [0.05, 0.1) is 16.7 Å². The van der Waals surface area contributed by atoms with E-state index in [-0.39, 0.29) is 0 Å². The lowest BCUT2D eigenvalue weighted by atomic mass is 9.97. The predicted molar refractivity (Wildman–Crippen MR) is 70.2 cm³/mol. The molecule has 2 rings (SSSR count). The summed E-state index contributed by atoms with van der Waals surface area (Å²) in [5.41, 5.74) is 1.35. The van der Waals surface area contributed by atoms with Gasteiger partial charge in [0.2, 0.25) is 0 Å². The van der Waals surface area contributed by atoms with Crippen LogP contribution in [0.3, 0.4) is 0 Å². The summed E-state index contributed by atoms with van der Waals surface area (Å²) in [5.74, 6) is 0.674. The van der Waals surface area contributed by atoms with E-state index in [1.54, 1.807) is 0 Å². The van der Waals surface area contributed by atoms with E-state index in [2.05, 4.69) is 26.2 Å². The molecule has 0 fully saturated rings. The van der Waals surface area contributed by atoms with Crippen LogP contribution in [0.2, 0.25) is 0 Å². The van der Waals surface area contributed by atoms with Gasteiger partial charge in [0.1, 0.15) is 0 Å². The van der Waals surface area contributed by atoms with E-state index >= 15 is 0 Å². The number of fused-ring (bicyclic) bond motifs is 1. The van der Waals surface area contributed by atoms with Gasteiger partial charge in [-0.15, -0.1) is 11.3 Å². The normalized spacial score (nSPS) is 20.1. The molecule has 0 aliphatic heterocycles. The smallest absolute Gasteiger partial charge is 0.0962 e. The SMILES string of the molecule is CCC(CC)c1nc2c(s1)CCCC2NC. The van der Waals surface area contributed by atoms with Crippen molar-refractivity contribution >= 4 is 11.3 Å². The van der Waals surface area contributed by atoms with Crippen LogP contribution >= 0.6 is 11.3 Å². The first-order valence-electron chi connectivity index (χ1n) is 6.46. The van der Waals surface area contributed by atoms with Crippen LogP contribution in [0.25, 0.3) is 0 Å². The van der Waals surface area contributed by atoms with Crippen molar-refractivity contribution in [2.24, 2.45) is 0 Å². The number of nitrogens with zero attached hydrogens (tertiary/aromatic N) is 1. The van der Waals surface area contributed by atoms with Gasteiger partial charge in [-0.2, -0.15) is 0 Å². The Balaban J connectivity index is 2.27. The number of thiazole rings is 1. The summed E-state index contributed by atoms with van der Waals surface area (Å²) in [5, 5.41) is 4.76. The molecular weight excluding hydrogens is 216 g/mol. The van der Waals surface area contributed by atoms with Crippen LogP contribution in [0.15, 0.2) is 0 Å². The van der Waals surface area contributed by atoms with E-state index in [9.17, 15) is 0 Å². The van der Waals surface area contributed by atoms with Crippen molar-refractivity contribution in [3.05, 3.63) is 15.6 Å². The lowest BCUT2D eigenvalue weighted by molar-refractivity contribution is 0.487. The summed E-state index contributed by atoms with van der Waals surface area (Å²) < 4.78 is 0. The quantitative estimate of drug-likeness (QED) is 0.866. The van der Waals surface area contributed by atoms with Gasteiger partial charge in [-0.25, -0.2) is 4.98 Å². The Labute approximate surface area is 102 Å². The van der Waals surface area contributed by atoms with E-state index < -0.39 is 0 Å². The van der Waals surface area contributed by atoms with Crippen molar-refractivity contribution in [3.63, 3.8) is 0 Å². The molecule has 1 aromatic heterocycles. The molecule has 1 atom stereocenters. The molecule has 0 spiro atoms. The second-order valence-electron chi connectivity index (χ2n) is 4.61. The Morgan fingerprint density at radius 2 is 2.19 bits per heavy atom. The van der Waals surface area contributed by atoms with E-state index in [1.165, 1.54) is 47.7 Å². The van der Waals surface area contributed by atoms with Gasteiger partial charge in [0.15, 0.2) is 0 Å². The third-order valence-corrected chi connectivity index (χ3v) is 4.95. The Bertz CT molecular complexity index is 342. The van der Waals surface area contributed by atoms with Gasteiger partial charge in [-0.1, -0.05) is 13.8 Å². The predicted octanol–water partition coefficient (Wildman–Crippen LogP) is 3.64. The Hall–Kier alpha value is -0.410. The van der Waals surface area contributed by atoms with Gasteiger partial charge in [-0.05, 0) is 39.2 Å². The van der Waals surface area contributed by atoms with Crippen molar-refractivity contribution < 1.29 is 0 Å². The molecule has 1 heterocycles. The van der Waals surface area contributed by atoms with Crippen LogP contribution in [0.5, 0.6) is 0 Å². The largest absolute Gasteiger partial charge is 0.312 e. The van der Waals surface area contributed by atoms with Crippen molar-refractivity contribution in [2.45, 2.75) is 57.9 Å². The lowest BCUT2D eigenvalue weighted by Crippen LogP contribution is -2.21. The molecule has 0 bridgehead atoms. The first-order chi connectivity index (χ1) is 7.80. The number of aromatic nitrogens is 1. The van der Waals surface area contributed by atoms with Crippen LogP contribution in [-0.4, -0.2) is 12.0 Å². The molecule has 1 unspecified atom stereocenters. The Morgan fingerprint density at radius 3 is 2.81 bits per heavy atom. The van der Waals surface area contributed by atoms with Crippen LogP contribution in [0, 0.1) is 0 Å². The van der Waals surface area contributed by atoms with Crippen LogP contribution in [0.4, 0.5) is 0 Å². The second-order valence-corrected chi connectivity index (χ2v) is 5.72. The fourth-order valence-corrected chi connectivity index (χ4v) is 3.97. The third kappa shape index (κ3) is 2.16. The molecule has 0 saturated heterocycles. The zero-order chi connectivity index (χ0) is 11.5. The minimum Gasteiger partial charge on any atom is -0.312 e. The van der Waals surface area contributed by atoms with Crippen LogP contribution < -0.4 is 5.32 Å². The van der Waals surface area contributed by atoms with E-state index in [4.69, 9.17) is 4.98 Å². The molecular formula is C13H22N2S. The van der Waals surface area contributed by atoms with Crippen molar-refractivity contribution in [1.29, 1.82) is 0 Å². The first-order valence-corrected chi connectivity index (χ1v) is 7.28. The summed E-state index contributed by atoms with van der Waals surface area (Å²) in [6, 6.07) is 0.503. The van der Waals surface area contributed by atoms with Crippen LogP contribution in [-0.2, 0) is 6.42 Å². The number of nitrogens with one attached hydrogen (secondary N) is 1. The zero-order valence-electron chi connectivity index (χ0n) is 10.5. The highest BCUT2D eigenvalue weighted by Gasteiger charge is 2.25. The molecule has 16 heavy (non-hydrogen) atoms. The molecule has 1 aromatic rings. The topological polar surface area (TPSA) is 24.9 Å². The first kappa shape index (κ1) is 12.1. The standard InChI is InChI=1S/C13H22N2S/c1-4-9(5-2)13-15-12-10(14-3)7-6-8-11(12)16-13/h9-10,14H,4-8H2,1-3H3. The summed E-state index contributed by atoms with van der Waals surface area (Å²) in [6.07, 6.45) is 6.23. The Morgan fingerprint density at radius 1 is 1.44 bits per heavy atom. The highest BCUT2D eigenvalue weighted by Crippen LogP contribution is 2.37. The molecule has 1 aliphatic rings. The molecule has 3 heteroatoms.